The zero-order valence-corrected chi connectivity index (χ0v) is 12.7. The standard InChI is InChI=1S/C12H9Cl3N2O4/c13-8-3-1-7(2-4-8)11(12(14,15)17(20)21)16-9(18)5-6-10(16)19/h1-4,11H,5-6H2. The minimum absolute atomic E-state index is 0.0233. The van der Waals surface area contributed by atoms with E-state index in [1.54, 1.807) is 0 Å². The number of nitrogens with zero attached hydrogens (tertiary/aromatic N) is 2. The number of hydrogen-bond donors (Lipinski definition) is 0. The molecular weight excluding hydrogens is 343 g/mol. The van der Waals surface area contributed by atoms with E-state index in [1.165, 1.54) is 24.3 Å². The van der Waals surface area contributed by atoms with Gasteiger partial charge in [-0.05, 0) is 40.9 Å². The zero-order valence-electron chi connectivity index (χ0n) is 10.5. The third-order valence-electron chi connectivity index (χ3n) is 3.11. The SMILES string of the molecule is O=C1CCC(=O)N1C(c1ccc(Cl)cc1)C(Cl)(Cl)[N+](=O)[O-]. The average molecular weight is 352 g/mol. The Morgan fingerprint density at radius 1 is 1.14 bits per heavy atom. The van der Waals surface area contributed by atoms with Crippen LogP contribution in [0.15, 0.2) is 24.3 Å². The van der Waals surface area contributed by atoms with Crippen LogP contribution in [0.4, 0.5) is 0 Å². The Morgan fingerprint density at radius 2 is 1.62 bits per heavy atom. The molecule has 0 bridgehead atoms. The third kappa shape index (κ3) is 2.97. The van der Waals surface area contributed by atoms with Crippen molar-refractivity contribution >= 4 is 46.6 Å². The molecule has 0 saturated carbocycles. The molecule has 0 aromatic heterocycles. The first-order valence-electron chi connectivity index (χ1n) is 5.88. The molecule has 1 aliphatic heterocycles. The molecule has 6 nitrogen and oxygen atoms in total. The number of nitro groups is 1. The van der Waals surface area contributed by atoms with E-state index in [2.05, 4.69) is 0 Å². The summed E-state index contributed by atoms with van der Waals surface area (Å²) >= 11 is 17.4. The van der Waals surface area contributed by atoms with Crippen LogP contribution in [0.3, 0.4) is 0 Å². The zero-order chi connectivity index (χ0) is 15.8. The molecule has 1 aromatic carbocycles. The number of rotatable bonds is 4. The van der Waals surface area contributed by atoms with Crippen molar-refractivity contribution in [1.82, 2.24) is 4.90 Å². The van der Waals surface area contributed by atoms with Crippen LogP contribution in [0.2, 0.25) is 5.02 Å². The van der Waals surface area contributed by atoms with Crippen molar-refractivity contribution in [3.63, 3.8) is 0 Å². The van der Waals surface area contributed by atoms with Gasteiger partial charge >= 0.3 is 4.46 Å². The van der Waals surface area contributed by atoms with Crippen LogP contribution in [0.25, 0.3) is 0 Å². The molecule has 2 amide bonds. The summed E-state index contributed by atoms with van der Waals surface area (Å²) in [5, 5.41) is 11.5. The second kappa shape index (κ2) is 5.79. The van der Waals surface area contributed by atoms with Crippen molar-refractivity contribution < 1.29 is 14.5 Å². The van der Waals surface area contributed by atoms with E-state index in [1.807, 2.05) is 0 Å². The van der Waals surface area contributed by atoms with E-state index >= 15 is 0 Å². The Morgan fingerprint density at radius 3 is 2.05 bits per heavy atom. The lowest BCUT2D eigenvalue weighted by atomic mass is 10.0. The normalized spacial score (nSPS) is 17.2. The topological polar surface area (TPSA) is 80.5 Å². The van der Waals surface area contributed by atoms with Gasteiger partial charge < -0.3 is 0 Å². The lowest BCUT2D eigenvalue weighted by Crippen LogP contribution is -2.46. The van der Waals surface area contributed by atoms with Crippen molar-refractivity contribution in [3.8, 4) is 0 Å². The molecular formula is C12H9Cl3N2O4. The molecule has 1 fully saturated rings. The van der Waals surface area contributed by atoms with Crippen LogP contribution in [0.5, 0.6) is 0 Å². The summed E-state index contributed by atoms with van der Waals surface area (Å²) in [6.07, 6.45) is -0.0466. The molecule has 0 N–H and O–H groups in total. The van der Waals surface area contributed by atoms with Gasteiger partial charge in [0.05, 0.1) is 4.92 Å². The fourth-order valence-electron chi connectivity index (χ4n) is 2.13. The molecule has 0 spiro atoms. The van der Waals surface area contributed by atoms with Gasteiger partial charge in [-0.15, -0.1) is 0 Å². The predicted molar refractivity (Wildman–Crippen MR) is 76.7 cm³/mol. The number of likely N-dealkylation sites (tertiary alicyclic amines) is 1. The number of halogens is 3. The van der Waals surface area contributed by atoms with Crippen LogP contribution in [-0.4, -0.2) is 26.1 Å². The summed E-state index contributed by atoms with van der Waals surface area (Å²) in [5.41, 5.74) is 0.254. The summed E-state index contributed by atoms with van der Waals surface area (Å²) in [6.45, 7) is 0. The highest BCUT2D eigenvalue weighted by atomic mass is 35.5. The van der Waals surface area contributed by atoms with E-state index in [0.717, 1.165) is 4.90 Å². The van der Waals surface area contributed by atoms with Gasteiger partial charge in [-0.2, -0.15) is 0 Å². The molecule has 0 aliphatic carbocycles. The van der Waals surface area contributed by atoms with E-state index < -0.39 is 27.2 Å². The molecule has 1 atom stereocenters. The molecule has 112 valence electrons. The Balaban J connectivity index is 2.54. The average Bonchev–Trinajstić information content (AvgIpc) is 2.73. The molecule has 1 heterocycles. The van der Waals surface area contributed by atoms with Crippen molar-refractivity contribution in [2.75, 3.05) is 0 Å². The molecule has 2 rings (SSSR count). The summed E-state index contributed by atoms with van der Waals surface area (Å²) in [7, 11) is 0. The smallest absolute Gasteiger partial charge is 0.274 e. The summed E-state index contributed by atoms with van der Waals surface area (Å²) in [5.74, 6) is -1.10. The molecule has 1 aliphatic rings. The number of amides is 2. The van der Waals surface area contributed by atoms with Gasteiger partial charge in [-0.25, -0.2) is 0 Å². The summed E-state index contributed by atoms with van der Waals surface area (Å²) < 4.78 is -2.55. The van der Waals surface area contributed by atoms with Gasteiger partial charge in [0.1, 0.15) is 0 Å². The van der Waals surface area contributed by atoms with Gasteiger partial charge in [-0.1, -0.05) is 23.7 Å². The van der Waals surface area contributed by atoms with E-state index in [4.69, 9.17) is 34.8 Å². The van der Waals surface area contributed by atoms with Gasteiger partial charge in [0, 0.05) is 17.9 Å². The van der Waals surface area contributed by atoms with Crippen LogP contribution >= 0.6 is 34.8 Å². The first kappa shape index (κ1) is 16.0. The lowest BCUT2D eigenvalue weighted by Gasteiger charge is -2.29. The van der Waals surface area contributed by atoms with E-state index in [0.29, 0.717) is 5.02 Å². The predicted octanol–water partition coefficient (Wildman–Crippen LogP) is 2.94. The first-order chi connectivity index (χ1) is 9.75. The van der Waals surface area contributed by atoms with E-state index in [9.17, 15) is 19.7 Å². The second-order valence-electron chi connectivity index (χ2n) is 4.46. The third-order valence-corrected chi connectivity index (χ3v) is 4.05. The molecule has 1 saturated heterocycles. The maximum absolute atomic E-state index is 11.9. The van der Waals surface area contributed by atoms with Crippen molar-refractivity contribution in [3.05, 3.63) is 45.0 Å². The van der Waals surface area contributed by atoms with Gasteiger partial charge in [-0.3, -0.25) is 24.6 Å². The minimum Gasteiger partial charge on any atom is -0.274 e. The number of benzene rings is 1. The maximum Gasteiger partial charge on any atom is 0.395 e. The molecule has 0 radical (unpaired) electrons. The quantitative estimate of drug-likeness (QED) is 0.275. The van der Waals surface area contributed by atoms with Crippen LogP contribution in [0, 0.1) is 10.1 Å². The number of alkyl halides is 2. The lowest BCUT2D eigenvalue weighted by molar-refractivity contribution is -0.523. The Labute approximate surface area is 134 Å². The highest BCUT2D eigenvalue weighted by molar-refractivity contribution is 6.47. The number of carbonyl (C=O) groups is 2. The van der Waals surface area contributed by atoms with Crippen molar-refractivity contribution in [2.45, 2.75) is 23.3 Å². The van der Waals surface area contributed by atoms with Crippen molar-refractivity contribution in [2.24, 2.45) is 0 Å². The summed E-state index contributed by atoms with van der Waals surface area (Å²) in [4.78, 5) is 34.7. The number of hydrogen-bond acceptors (Lipinski definition) is 4. The fourth-order valence-corrected chi connectivity index (χ4v) is 2.70. The minimum atomic E-state index is -2.55. The highest BCUT2D eigenvalue weighted by Gasteiger charge is 2.55. The van der Waals surface area contributed by atoms with Crippen LogP contribution < -0.4 is 0 Å². The largest absolute Gasteiger partial charge is 0.395 e. The van der Waals surface area contributed by atoms with Crippen LogP contribution in [0.1, 0.15) is 24.4 Å². The summed E-state index contributed by atoms with van der Waals surface area (Å²) in [6, 6.07) is 4.40. The molecule has 21 heavy (non-hydrogen) atoms. The maximum atomic E-state index is 11.9. The van der Waals surface area contributed by atoms with Crippen molar-refractivity contribution in [1.29, 1.82) is 0 Å². The van der Waals surface area contributed by atoms with Gasteiger partial charge in [0.25, 0.3) is 0 Å². The first-order valence-corrected chi connectivity index (χ1v) is 7.01. The number of imide groups is 1. The monoisotopic (exact) mass is 350 g/mol. The highest BCUT2D eigenvalue weighted by Crippen LogP contribution is 2.43. The number of carbonyl (C=O) groups excluding carboxylic acids is 2. The second-order valence-corrected chi connectivity index (χ2v) is 6.24. The van der Waals surface area contributed by atoms with E-state index in [-0.39, 0.29) is 18.4 Å². The molecule has 9 heteroatoms. The Kier molecular flexibility index (Phi) is 4.41. The molecule has 1 unspecified atom stereocenters. The van der Waals surface area contributed by atoms with Crippen LogP contribution in [-0.2, 0) is 9.59 Å². The Bertz CT molecular complexity index is 587. The van der Waals surface area contributed by atoms with Gasteiger partial charge in [0.2, 0.25) is 11.8 Å². The molecule has 1 aromatic rings. The fraction of sp³-hybridized carbons (Fsp3) is 0.333. The Hall–Kier alpha value is -1.37. The van der Waals surface area contributed by atoms with Gasteiger partial charge in [0.15, 0.2) is 6.04 Å².